The Morgan fingerprint density at radius 2 is 1.83 bits per heavy atom. The van der Waals surface area contributed by atoms with Gasteiger partial charge in [-0.05, 0) is 29.8 Å². The van der Waals surface area contributed by atoms with Gasteiger partial charge in [0.2, 0.25) is 5.91 Å². The van der Waals surface area contributed by atoms with E-state index in [4.69, 9.17) is 5.73 Å². The molecule has 0 saturated carbocycles. The summed E-state index contributed by atoms with van der Waals surface area (Å²) in [4.78, 5) is 44.4. The highest BCUT2D eigenvalue weighted by molar-refractivity contribution is 5.78. The first-order chi connectivity index (χ1) is 11.1. The first kappa shape index (κ1) is 14.6. The predicted molar refractivity (Wildman–Crippen MR) is 82.8 cm³/mol. The van der Waals surface area contributed by atoms with Crippen LogP contribution >= 0.6 is 0 Å². The molecule has 0 radical (unpaired) electrons. The van der Waals surface area contributed by atoms with Gasteiger partial charge < -0.3 is 5.73 Å². The number of primary amides is 1. The summed E-state index contributed by atoms with van der Waals surface area (Å²) in [6.45, 7) is -0.261. The SMILES string of the molecule is NC(=O)Cn1c(=O)n(Cc2ccncc2)c(=O)c2ncccc21. The molecule has 3 heterocycles. The summed E-state index contributed by atoms with van der Waals surface area (Å²) in [6, 6.07) is 6.55. The van der Waals surface area contributed by atoms with Gasteiger partial charge in [0, 0.05) is 18.6 Å². The van der Waals surface area contributed by atoms with Crippen molar-refractivity contribution in [3.63, 3.8) is 0 Å². The Balaban J connectivity index is 2.27. The van der Waals surface area contributed by atoms with Crippen molar-refractivity contribution >= 4 is 16.9 Å². The van der Waals surface area contributed by atoms with Crippen molar-refractivity contribution in [2.45, 2.75) is 13.1 Å². The monoisotopic (exact) mass is 311 g/mol. The normalized spacial score (nSPS) is 10.8. The zero-order valence-electron chi connectivity index (χ0n) is 12.0. The van der Waals surface area contributed by atoms with E-state index in [0.29, 0.717) is 0 Å². The van der Waals surface area contributed by atoms with Gasteiger partial charge in [-0.2, -0.15) is 0 Å². The average Bonchev–Trinajstić information content (AvgIpc) is 2.56. The Hall–Kier alpha value is -3.29. The molecule has 3 aromatic rings. The molecule has 0 spiro atoms. The molecule has 3 rings (SSSR count). The number of hydrogen-bond acceptors (Lipinski definition) is 5. The minimum atomic E-state index is -0.675. The molecule has 0 bridgehead atoms. The average molecular weight is 311 g/mol. The Labute approximate surface area is 129 Å². The second-order valence-corrected chi connectivity index (χ2v) is 4.95. The molecule has 1 amide bonds. The molecule has 0 atom stereocenters. The third-order valence-electron chi connectivity index (χ3n) is 3.39. The predicted octanol–water partition coefficient (Wildman–Crippen LogP) is -0.513. The number of amides is 1. The Morgan fingerprint density at radius 3 is 2.52 bits per heavy atom. The second-order valence-electron chi connectivity index (χ2n) is 4.95. The van der Waals surface area contributed by atoms with Crippen molar-refractivity contribution in [1.29, 1.82) is 0 Å². The minimum Gasteiger partial charge on any atom is -0.368 e. The zero-order valence-corrected chi connectivity index (χ0v) is 12.0. The molecule has 0 fully saturated rings. The number of nitrogens with zero attached hydrogens (tertiary/aromatic N) is 4. The maximum Gasteiger partial charge on any atom is 0.332 e. The van der Waals surface area contributed by atoms with Crippen molar-refractivity contribution in [1.82, 2.24) is 19.1 Å². The number of fused-ring (bicyclic) bond motifs is 1. The lowest BCUT2D eigenvalue weighted by atomic mass is 10.2. The van der Waals surface area contributed by atoms with Gasteiger partial charge in [0.1, 0.15) is 6.54 Å². The van der Waals surface area contributed by atoms with E-state index in [1.54, 1.807) is 36.7 Å². The first-order valence-electron chi connectivity index (χ1n) is 6.83. The van der Waals surface area contributed by atoms with Gasteiger partial charge in [0.15, 0.2) is 5.52 Å². The number of nitrogens with two attached hydrogens (primary N) is 1. The topological polar surface area (TPSA) is 113 Å². The van der Waals surface area contributed by atoms with Crippen molar-refractivity contribution < 1.29 is 4.79 Å². The summed E-state index contributed by atoms with van der Waals surface area (Å²) in [5.41, 5.74) is 5.23. The fourth-order valence-corrected chi connectivity index (χ4v) is 2.36. The summed E-state index contributed by atoms with van der Waals surface area (Å²) in [5.74, 6) is -0.675. The molecule has 23 heavy (non-hydrogen) atoms. The van der Waals surface area contributed by atoms with Gasteiger partial charge in [-0.25, -0.2) is 9.78 Å². The van der Waals surface area contributed by atoms with E-state index in [1.807, 2.05) is 0 Å². The molecule has 0 aliphatic rings. The number of pyridine rings is 2. The molecule has 0 aliphatic heterocycles. The highest BCUT2D eigenvalue weighted by atomic mass is 16.2. The van der Waals surface area contributed by atoms with Crippen LogP contribution in [-0.4, -0.2) is 25.0 Å². The third kappa shape index (κ3) is 2.73. The van der Waals surface area contributed by atoms with Gasteiger partial charge >= 0.3 is 5.69 Å². The molecule has 0 saturated heterocycles. The van der Waals surface area contributed by atoms with E-state index in [0.717, 1.165) is 14.7 Å². The summed E-state index contributed by atoms with van der Waals surface area (Å²) in [7, 11) is 0. The molecular weight excluding hydrogens is 298 g/mol. The van der Waals surface area contributed by atoms with E-state index in [-0.39, 0.29) is 24.1 Å². The van der Waals surface area contributed by atoms with Crippen LogP contribution in [0.4, 0.5) is 0 Å². The second kappa shape index (κ2) is 5.84. The summed E-state index contributed by atoms with van der Waals surface area (Å²) in [6.07, 6.45) is 4.60. The maximum absolute atomic E-state index is 12.6. The molecule has 8 heteroatoms. The molecule has 0 unspecified atom stereocenters. The van der Waals surface area contributed by atoms with Crippen LogP contribution in [0.15, 0.2) is 52.4 Å². The van der Waals surface area contributed by atoms with Gasteiger partial charge in [0.25, 0.3) is 5.56 Å². The van der Waals surface area contributed by atoms with Crippen molar-refractivity contribution in [3.8, 4) is 0 Å². The van der Waals surface area contributed by atoms with Crippen molar-refractivity contribution in [2.24, 2.45) is 5.73 Å². The van der Waals surface area contributed by atoms with Crippen LogP contribution in [0.25, 0.3) is 11.0 Å². The highest BCUT2D eigenvalue weighted by Gasteiger charge is 2.15. The Kier molecular flexibility index (Phi) is 3.71. The number of rotatable bonds is 4. The van der Waals surface area contributed by atoms with Crippen LogP contribution in [0.1, 0.15) is 5.56 Å². The fourth-order valence-electron chi connectivity index (χ4n) is 2.36. The quantitative estimate of drug-likeness (QED) is 0.697. The summed E-state index contributed by atoms with van der Waals surface area (Å²) >= 11 is 0. The Bertz CT molecular complexity index is 991. The van der Waals surface area contributed by atoms with Crippen LogP contribution in [0.3, 0.4) is 0 Å². The lowest BCUT2D eigenvalue weighted by Crippen LogP contribution is -2.42. The maximum atomic E-state index is 12.6. The molecule has 0 aliphatic carbocycles. The largest absolute Gasteiger partial charge is 0.368 e. The van der Waals surface area contributed by atoms with E-state index in [1.165, 1.54) is 6.20 Å². The van der Waals surface area contributed by atoms with Gasteiger partial charge in [0.05, 0.1) is 12.1 Å². The summed E-state index contributed by atoms with van der Waals surface area (Å²) in [5, 5.41) is 0. The first-order valence-corrected chi connectivity index (χ1v) is 6.83. The highest BCUT2D eigenvalue weighted by Crippen LogP contribution is 2.05. The van der Waals surface area contributed by atoms with Crippen molar-refractivity contribution in [2.75, 3.05) is 0 Å². The van der Waals surface area contributed by atoms with Gasteiger partial charge in [-0.15, -0.1) is 0 Å². The van der Waals surface area contributed by atoms with E-state index in [2.05, 4.69) is 9.97 Å². The summed E-state index contributed by atoms with van der Waals surface area (Å²) < 4.78 is 2.20. The molecule has 8 nitrogen and oxygen atoms in total. The van der Waals surface area contributed by atoms with Crippen LogP contribution in [0.2, 0.25) is 0 Å². The lowest BCUT2D eigenvalue weighted by molar-refractivity contribution is -0.118. The van der Waals surface area contributed by atoms with Crippen molar-refractivity contribution in [3.05, 3.63) is 69.3 Å². The third-order valence-corrected chi connectivity index (χ3v) is 3.39. The molecule has 3 aromatic heterocycles. The number of carbonyl (C=O) groups is 1. The van der Waals surface area contributed by atoms with Gasteiger partial charge in [-0.1, -0.05) is 0 Å². The minimum absolute atomic E-state index is 0.0610. The van der Waals surface area contributed by atoms with E-state index >= 15 is 0 Å². The number of aromatic nitrogens is 4. The van der Waals surface area contributed by atoms with Crippen LogP contribution in [0.5, 0.6) is 0 Å². The molecule has 116 valence electrons. The van der Waals surface area contributed by atoms with Crippen LogP contribution in [0, 0.1) is 0 Å². The van der Waals surface area contributed by atoms with Crippen LogP contribution < -0.4 is 17.0 Å². The molecule has 0 aromatic carbocycles. The van der Waals surface area contributed by atoms with Gasteiger partial charge in [-0.3, -0.25) is 23.7 Å². The van der Waals surface area contributed by atoms with Crippen LogP contribution in [-0.2, 0) is 17.9 Å². The van der Waals surface area contributed by atoms with E-state index < -0.39 is 17.2 Å². The smallest absolute Gasteiger partial charge is 0.332 e. The lowest BCUT2D eigenvalue weighted by Gasteiger charge is -2.12. The molecular formula is C15H13N5O3. The Morgan fingerprint density at radius 1 is 1.09 bits per heavy atom. The standard InChI is InChI=1S/C15H13N5O3/c16-12(21)9-19-11-2-1-5-18-13(11)14(22)20(15(19)23)8-10-3-6-17-7-4-10/h1-7H,8-9H2,(H2,16,21). The zero-order chi connectivity index (χ0) is 16.4. The number of hydrogen-bond donors (Lipinski definition) is 1. The fraction of sp³-hybridized carbons (Fsp3) is 0.133. The molecule has 2 N–H and O–H groups in total. The number of carbonyl (C=O) groups excluding carboxylic acids is 1. The van der Waals surface area contributed by atoms with E-state index in [9.17, 15) is 14.4 Å².